The van der Waals surface area contributed by atoms with Crippen LogP contribution < -0.4 is 11.1 Å². The molecule has 0 unspecified atom stereocenters. The zero-order valence-electron chi connectivity index (χ0n) is 6.75. The minimum atomic E-state index is 0.729. The smallest absolute Gasteiger partial charge is 0.0726 e. The lowest BCUT2D eigenvalue weighted by atomic mass is 10.4. The van der Waals surface area contributed by atoms with Gasteiger partial charge in [-0.1, -0.05) is 0 Å². The lowest BCUT2D eigenvalue weighted by Crippen LogP contribution is -2.07. The van der Waals surface area contributed by atoms with Gasteiger partial charge in [0.05, 0.1) is 11.9 Å². The van der Waals surface area contributed by atoms with Gasteiger partial charge in [0, 0.05) is 19.8 Å². The van der Waals surface area contributed by atoms with E-state index in [4.69, 9.17) is 5.73 Å². The second-order valence-electron chi connectivity index (χ2n) is 2.47. The number of nitrogens with one attached hydrogen (secondary N) is 1. The fraction of sp³-hybridized carbons (Fsp3) is 0.571. The molecule has 4 nitrogen and oxygen atoms in total. The van der Waals surface area contributed by atoms with Crippen LogP contribution in [-0.4, -0.2) is 22.9 Å². The fourth-order valence-corrected chi connectivity index (χ4v) is 0.847. The third-order valence-electron chi connectivity index (χ3n) is 1.41. The second-order valence-corrected chi connectivity index (χ2v) is 2.47. The van der Waals surface area contributed by atoms with Crippen LogP contribution in [0, 0.1) is 0 Å². The van der Waals surface area contributed by atoms with Gasteiger partial charge in [0.1, 0.15) is 0 Å². The summed E-state index contributed by atoms with van der Waals surface area (Å²) in [6.07, 6.45) is 4.74. The molecule has 11 heavy (non-hydrogen) atoms. The van der Waals surface area contributed by atoms with E-state index in [2.05, 4.69) is 10.4 Å². The number of aryl methyl sites for hydroxylation is 1. The molecule has 0 bridgehead atoms. The summed E-state index contributed by atoms with van der Waals surface area (Å²) in [5.74, 6) is 0. The number of hydrogen-bond donors (Lipinski definition) is 2. The quantitative estimate of drug-likeness (QED) is 0.608. The Kier molecular flexibility index (Phi) is 2.92. The van der Waals surface area contributed by atoms with Crippen LogP contribution in [0.5, 0.6) is 0 Å². The van der Waals surface area contributed by atoms with Crippen molar-refractivity contribution in [2.45, 2.75) is 6.42 Å². The first-order valence-electron chi connectivity index (χ1n) is 3.75. The molecule has 0 saturated heterocycles. The highest BCUT2D eigenvalue weighted by Gasteiger charge is 1.91. The Morgan fingerprint density at radius 3 is 3.09 bits per heavy atom. The molecule has 0 fully saturated rings. The summed E-state index contributed by atoms with van der Waals surface area (Å²) in [5, 5.41) is 7.22. The van der Waals surface area contributed by atoms with Crippen molar-refractivity contribution in [3.8, 4) is 0 Å². The van der Waals surface area contributed by atoms with Crippen LogP contribution >= 0.6 is 0 Å². The summed E-state index contributed by atoms with van der Waals surface area (Å²) in [6.45, 7) is 1.65. The van der Waals surface area contributed by atoms with E-state index in [0.717, 1.165) is 25.2 Å². The van der Waals surface area contributed by atoms with Crippen LogP contribution in [0.15, 0.2) is 12.4 Å². The molecule has 0 spiro atoms. The number of rotatable bonds is 4. The Bertz CT molecular complexity index is 206. The molecule has 0 saturated carbocycles. The van der Waals surface area contributed by atoms with Gasteiger partial charge in [-0.3, -0.25) is 4.68 Å². The van der Waals surface area contributed by atoms with Crippen LogP contribution in [0.4, 0.5) is 5.69 Å². The number of nitrogens with zero attached hydrogens (tertiary/aromatic N) is 2. The summed E-state index contributed by atoms with van der Waals surface area (Å²) >= 11 is 0. The average Bonchev–Trinajstić information content (AvgIpc) is 2.37. The van der Waals surface area contributed by atoms with Crippen molar-refractivity contribution in [1.29, 1.82) is 0 Å². The van der Waals surface area contributed by atoms with Gasteiger partial charge in [0.15, 0.2) is 0 Å². The van der Waals surface area contributed by atoms with Crippen molar-refractivity contribution in [3.63, 3.8) is 0 Å². The predicted molar refractivity (Wildman–Crippen MR) is 45.4 cm³/mol. The van der Waals surface area contributed by atoms with E-state index in [1.807, 2.05) is 13.2 Å². The number of anilines is 1. The Morgan fingerprint density at radius 2 is 2.55 bits per heavy atom. The minimum Gasteiger partial charge on any atom is -0.382 e. The van der Waals surface area contributed by atoms with Gasteiger partial charge in [-0.2, -0.15) is 5.10 Å². The first kappa shape index (κ1) is 8.07. The molecule has 3 N–H and O–H groups in total. The molecule has 0 aliphatic carbocycles. The van der Waals surface area contributed by atoms with Crippen molar-refractivity contribution < 1.29 is 0 Å². The Labute approximate surface area is 66.4 Å². The first-order valence-corrected chi connectivity index (χ1v) is 3.75. The summed E-state index contributed by atoms with van der Waals surface area (Å²) in [7, 11) is 1.90. The van der Waals surface area contributed by atoms with Gasteiger partial charge in [-0.05, 0) is 13.0 Å². The Morgan fingerprint density at radius 1 is 1.73 bits per heavy atom. The van der Waals surface area contributed by atoms with Crippen LogP contribution in [0.1, 0.15) is 6.42 Å². The number of aromatic nitrogens is 2. The highest BCUT2D eigenvalue weighted by molar-refractivity contribution is 5.37. The van der Waals surface area contributed by atoms with Crippen LogP contribution in [0.2, 0.25) is 0 Å². The largest absolute Gasteiger partial charge is 0.382 e. The molecule has 0 aromatic carbocycles. The molecule has 0 radical (unpaired) electrons. The molecule has 1 rings (SSSR count). The predicted octanol–water partition coefficient (Wildman–Crippen LogP) is 0.181. The van der Waals surface area contributed by atoms with Gasteiger partial charge >= 0.3 is 0 Å². The third kappa shape index (κ3) is 2.59. The fourth-order valence-electron chi connectivity index (χ4n) is 0.847. The van der Waals surface area contributed by atoms with Crippen molar-refractivity contribution >= 4 is 5.69 Å². The first-order chi connectivity index (χ1) is 5.33. The van der Waals surface area contributed by atoms with E-state index in [1.54, 1.807) is 10.9 Å². The van der Waals surface area contributed by atoms with Gasteiger partial charge in [-0.15, -0.1) is 0 Å². The Hall–Kier alpha value is -1.03. The van der Waals surface area contributed by atoms with Crippen molar-refractivity contribution in [1.82, 2.24) is 9.78 Å². The van der Waals surface area contributed by atoms with Gasteiger partial charge in [0.2, 0.25) is 0 Å². The monoisotopic (exact) mass is 154 g/mol. The summed E-state index contributed by atoms with van der Waals surface area (Å²) in [4.78, 5) is 0. The zero-order valence-corrected chi connectivity index (χ0v) is 6.75. The van der Waals surface area contributed by atoms with E-state index >= 15 is 0 Å². The van der Waals surface area contributed by atoms with Crippen molar-refractivity contribution in [2.24, 2.45) is 12.8 Å². The van der Waals surface area contributed by atoms with Gasteiger partial charge < -0.3 is 11.1 Å². The van der Waals surface area contributed by atoms with Crippen molar-refractivity contribution in [2.75, 3.05) is 18.4 Å². The molecule has 1 aromatic rings. The van der Waals surface area contributed by atoms with E-state index in [9.17, 15) is 0 Å². The van der Waals surface area contributed by atoms with Crippen LogP contribution in [0.25, 0.3) is 0 Å². The number of hydrogen-bond acceptors (Lipinski definition) is 3. The molecule has 0 aliphatic rings. The molecule has 0 aliphatic heterocycles. The van der Waals surface area contributed by atoms with Crippen LogP contribution in [-0.2, 0) is 7.05 Å². The molecule has 0 amide bonds. The highest BCUT2D eigenvalue weighted by Crippen LogP contribution is 2.01. The maximum absolute atomic E-state index is 5.34. The molecular weight excluding hydrogens is 140 g/mol. The SMILES string of the molecule is Cn1cc(NCCCN)cn1. The lowest BCUT2D eigenvalue weighted by molar-refractivity contribution is 0.767. The maximum Gasteiger partial charge on any atom is 0.0726 e. The van der Waals surface area contributed by atoms with E-state index in [1.165, 1.54) is 0 Å². The molecule has 4 heteroatoms. The summed E-state index contributed by atoms with van der Waals surface area (Å²) < 4.78 is 1.77. The highest BCUT2D eigenvalue weighted by atomic mass is 15.3. The number of nitrogens with two attached hydrogens (primary N) is 1. The third-order valence-corrected chi connectivity index (χ3v) is 1.41. The van der Waals surface area contributed by atoms with Crippen molar-refractivity contribution in [3.05, 3.63) is 12.4 Å². The summed E-state index contributed by atoms with van der Waals surface area (Å²) in [6, 6.07) is 0. The van der Waals surface area contributed by atoms with Crippen LogP contribution in [0.3, 0.4) is 0 Å². The minimum absolute atomic E-state index is 0.729. The average molecular weight is 154 g/mol. The molecule has 62 valence electrons. The van der Waals surface area contributed by atoms with Gasteiger partial charge in [-0.25, -0.2) is 0 Å². The van der Waals surface area contributed by atoms with E-state index < -0.39 is 0 Å². The second kappa shape index (κ2) is 3.98. The summed E-state index contributed by atoms with van der Waals surface area (Å²) in [5.41, 5.74) is 6.39. The molecule has 1 aromatic heterocycles. The molecule has 0 atom stereocenters. The normalized spacial score (nSPS) is 10.0. The standard InChI is InChI=1S/C7H14N4/c1-11-6-7(5-10-11)9-4-2-3-8/h5-6,9H,2-4,8H2,1H3. The van der Waals surface area contributed by atoms with Gasteiger partial charge in [0.25, 0.3) is 0 Å². The van der Waals surface area contributed by atoms with E-state index in [-0.39, 0.29) is 0 Å². The zero-order chi connectivity index (χ0) is 8.10. The topological polar surface area (TPSA) is 55.9 Å². The molecular formula is C7H14N4. The maximum atomic E-state index is 5.34. The molecule has 1 heterocycles. The van der Waals surface area contributed by atoms with E-state index in [0.29, 0.717) is 0 Å². The Balaban J connectivity index is 2.27. The lowest BCUT2D eigenvalue weighted by Gasteiger charge is -1.99.